The number of benzene rings is 7. The van der Waals surface area contributed by atoms with Crippen molar-refractivity contribution < 1.29 is 101 Å². The molecule has 138 heavy (non-hydrogen) atoms. The summed E-state index contributed by atoms with van der Waals surface area (Å²) in [6.07, 6.45) is 22.1. The molecular formula is C115H158N2O21. The number of esters is 2. The number of methoxy groups -OCH3 is 6. The van der Waals surface area contributed by atoms with Crippen molar-refractivity contribution in [3.63, 3.8) is 0 Å². The smallest absolute Gasteiger partial charge is 0.323 e. The minimum atomic E-state index is -1.18. The molecule has 0 atom stereocenters. The molecule has 12 aliphatic carbocycles. The number of ketones is 1. The van der Waals surface area contributed by atoms with Crippen molar-refractivity contribution >= 4 is 17.7 Å². The van der Waals surface area contributed by atoms with Crippen molar-refractivity contribution in [3.8, 4) is 0 Å². The number of nitrogens with two attached hydrogens (primary N) is 1. The monoisotopic (exact) mass is 1900 g/mol. The summed E-state index contributed by atoms with van der Waals surface area (Å²) in [5.74, 6) is -1.92. The highest BCUT2D eigenvalue weighted by Crippen LogP contribution is 2.72. The number of carbonyl (C=O) groups excluding carboxylic acids is 3. The molecule has 6 spiro atoms. The molecule has 12 saturated carbocycles. The summed E-state index contributed by atoms with van der Waals surface area (Å²) in [6.45, 7) is 16.8. The van der Waals surface area contributed by atoms with Crippen LogP contribution in [-0.2, 0) is 127 Å². The van der Waals surface area contributed by atoms with Crippen molar-refractivity contribution in [2.24, 2.45) is 70.7 Å². The van der Waals surface area contributed by atoms with Gasteiger partial charge in [0.1, 0.15) is 5.78 Å². The Kier molecular flexibility index (Phi) is 35.4. The molecule has 0 amide bonds. The molecule has 12 aliphatic rings. The lowest BCUT2D eigenvalue weighted by Gasteiger charge is -2.66. The minimum absolute atomic E-state index is 0.0598. The van der Waals surface area contributed by atoms with Crippen LogP contribution in [0, 0.1) is 65.0 Å². The third-order valence-electron chi connectivity index (χ3n) is 32.2. The van der Waals surface area contributed by atoms with Gasteiger partial charge >= 0.3 is 11.9 Å². The molecule has 7 aromatic rings. The Labute approximate surface area is 820 Å². The Morgan fingerprint density at radius 2 is 0.536 bits per heavy atom. The van der Waals surface area contributed by atoms with Crippen molar-refractivity contribution in [3.05, 3.63) is 251 Å². The van der Waals surface area contributed by atoms with E-state index < -0.39 is 28.9 Å². The Bertz CT molecular complexity index is 4620. The van der Waals surface area contributed by atoms with Crippen molar-refractivity contribution in [1.29, 1.82) is 0 Å². The molecule has 754 valence electrons. The Hall–Kier alpha value is -7.57. The second kappa shape index (κ2) is 46.0. The maximum absolute atomic E-state index is 12.5. The largest absolute Gasteiger partial charge is 0.462 e. The van der Waals surface area contributed by atoms with Crippen LogP contribution in [0.15, 0.2) is 212 Å². The van der Waals surface area contributed by atoms with Gasteiger partial charge in [-0.15, -0.1) is 0 Å². The third kappa shape index (κ3) is 26.0. The lowest BCUT2D eigenvalue weighted by molar-refractivity contribution is -0.335. The van der Waals surface area contributed by atoms with Crippen LogP contribution in [0.3, 0.4) is 0 Å². The second-order valence-electron chi connectivity index (χ2n) is 45.2. The average Bonchev–Trinajstić information content (AvgIpc) is 0.662. The van der Waals surface area contributed by atoms with Gasteiger partial charge in [-0.2, -0.15) is 0 Å². The van der Waals surface area contributed by atoms with E-state index in [9.17, 15) is 24.6 Å². The van der Waals surface area contributed by atoms with E-state index in [4.69, 9.17) is 82.3 Å². The fourth-order valence-corrected chi connectivity index (χ4v) is 26.8. The van der Waals surface area contributed by atoms with Crippen LogP contribution >= 0.6 is 0 Å². The SMILES string of the molecule is COC1(OC)CC2(C1)CC(C(=O)OC(C)C)(C(=O)OC(C)C)C2.COC1(OC)CC2(CC(CO)(CO)C2)C1.COC1(OC)CC2(CC(COCc3ccccc3)(COCc3ccccc3)C2)C1.NC1CC2(C1)CC(CO)(CO)C2.O=C1CC2(C1)CC(COCc1ccccc1)(COCc1ccccc1)C2.c1ccc(CNC2CC3(C2)CC(COCc2ccccc2)(COCc2ccccc2)C3)cc1. The molecule has 23 heteroatoms. The van der Waals surface area contributed by atoms with E-state index in [0.29, 0.717) is 113 Å². The zero-order chi connectivity index (χ0) is 97.9. The predicted molar refractivity (Wildman–Crippen MR) is 528 cm³/mol. The summed E-state index contributed by atoms with van der Waals surface area (Å²) in [4.78, 5) is 36.5. The Morgan fingerprint density at radius 3 is 0.775 bits per heavy atom. The van der Waals surface area contributed by atoms with E-state index in [0.717, 1.165) is 136 Å². The van der Waals surface area contributed by atoms with Crippen molar-refractivity contribution in [1.82, 2.24) is 5.32 Å². The Balaban J connectivity index is 0.000000136. The normalized spacial score (nSPS) is 22.3. The van der Waals surface area contributed by atoms with Crippen LogP contribution < -0.4 is 11.1 Å². The van der Waals surface area contributed by atoms with Crippen LogP contribution in [0.4, 0.5) is 0 Å². The summed E-state index contributed by atoms with van der Waals surface area (Å²) in [6, 6.07) is 73.9. The van der Waals surface area contributed by atoms with Gasteiger partial charge < -0.3 is 97.8 Å². The summed E-state index contributed by atoms with van der Waals surface area (Å²) >= 11 is 0. The van der Waals surface area contributed by atoms with Gasteiger partial charge in [0.05, 0.1) is 118 Å². The van der Waals surface area contributed by atoms with Gasteiger partial charge in [0.15, 0.2) is 22.8 Å². The zero-order valence-corrected chi connectivity index (χ0v) is 83.8. The molecule has 0 aliphatic heterocycles. The van der Waals surface area contributed by atoms with Gasteiger partial charge in [-0.3, -0.25) is 14.4 Å². The van der Waals surface area contributed by atoms with Crippen LogP contribution in [-0.4, -0.2) is 189 Å². The van der Waals surface area contributed by atoms with Crippen LogP contribution in [0.25, 0.3) is 0 Å². The van der Waals surface area contributed by atoms with Crippen LogP contribution in [0.2, 0.25) is 0 Å². The number of hydrogen-bond donors (Lipinski definition) is 6. The number of nitrogens with one attached hydrogen (secondary N) is 1. The molecule has 0 heterocycles. The van der Waals surface area contributed by atoms with E-state index >= 15 is 0 Å². The van der Waals surface area contributed by atoms with Gasteiger partial charge in [-0.25, -0.2) is 0 Å². The molecular weight excluding hydrogens is 1750 g/mol. The maximum Gasteiger partial charge on any atom is 0.323 e. The van der Waals surface area contributed by atoms with E-state index in [1.807, 2.05) is 48.5 Å². The minimum Gasteiger partial charge on any atom is -0.462 e. The van der Waals surface area contributed by atoms with Gasteiger partial charge in [-0.1, -0.05) is 212 Å². The number of ether oxygens (including phenoxy) is 14. The van der Waals surface area contributed by atoms with E-state index in [2.05, 4.69) is 169 Å². The number of Topliss-reactive ketones (excluding diaryl/α,β-unsaturated/α-hetero) is 1. The quantitative estimate of drug-likeness (QED) is 0.0118. The third-order valence-corrected chi connectivity index (χ3v) is 32.2. The van der Waals surface area contributed by atoms with Crippen molar-refractivity contribution in [2.45, 2.75) is 270 Å². The standard InChI is InChI=1S/C30H35NO2.C25H32O4.C23H26O3.C17H28O6.C11H20O4.C9H17NO2/c1-4-10-25(11-5-1)18-31-28-16-29(17-28)21-30(22-29,23-32-19-26-12-6-2-7-13-26)24-33-20-27-14-8-3-9-15-27;1-26-25(27-2)17-23(18-25)15-24(16-23,19-28-13-21-9-5-3-6-10-21)20-29-14-22-11-7-4-8-12-22;24-21-11-22(12-21)15-23(16-22,17-25-13-19-7-3-1-4-8-19)18-26-14-20-9-5-2-6-10-20;1-11(2)22-13(18)16(14(19)23-12(3)4)7-15(8-16)9-17(10-15,20-5)21-6;1-14-11(15-2)5-9(6-11)3-10(4-9,7-12)8-13;10-7-1-8(2-7)3-9(4-8,5-11)6-12/h1-15,28,31H,16-24H2;3-12H,13-20H2,1-2H3;1-10H,11-18H2;11-12H,7-10H2,1-6H3;12-13H,3-8H2,1-2H3;7,11-12H,1-6,10H2. The highest BCUT2D eigenvalue weighted by Gasteiger charge is 2.73. The van der Waals surface area contributed by atoms with Gasteiger partial charge in [0.25, 0.3) is 0 Å². The number of aliphatic hydroxyl groups excluding tert-OH is 4. The van der Waals surface area contributed by atoms with Gasteiger partial charge in [-0.05, 0) is 202 Å². The molecule has 0 unspecified atom stereocenters. The van der Waals surface area contributed by atoms with E-state index in [1.165, 1.54) is 64.6 Å². The topological polar surface area (TPSA) is 299 Å². The predicted octanol–water partition coefficient (Wildman–Crippen LogP) is 18.5. The Morgan fingerprint density at radius 1 is 0.312 bits per heavy atom. The average molecular weight is 1900 g/mol. The molecule has 0 radical (unpaired) electrons. The molecule has 0 bridgehead atoms. The summed E-state index contributed by atoms with van der Waals surface area (Å²) < 4.78 is 80.3. The molecule has 7 N–H and O–H groups in total. The molecule has 19 rings (SSSR count). The molecule has 7 aromatic carbocycles. The van der Waals surface area contributed by atoms with Crippen molar-refractivity contribution in [2.75, 3.05) is 109 Å². The second-order valence-corrected chi connectivity index (χ2v) is 45.2. The first-order valence-corrected chi connectivity index (χ1v) is 50.3. The molecule has 23 nitrogen and oxygen atoms in total. The first-order chi connectivity index (χ1) is 66.3. The zero-order valence-electron chi connectivity index (χ0n) is 83.8. The van der Waals surface area contributed by atoms with E-state index in [1.54, 1.807) is 70.4 Å². The van der Waals surface area contributed by atoms with Crippen LogP contribution in [0.1, 0.15) is 221 Å². The number of aliphatic hydroxyl groups is 4. The molecule has 0 saturated heterocycles. The lowest BCUT2D eigenvalue weighted by atomic mass is 9.43. The fourth-order valence-electron chi connectivity index (χ4n) is 26.8. The van der Waals surface area contributed by atoms with Gasteiger partial charge in [0.2, 0.25) is 0 Å². The van der Waals surface area contributed by atoms with Gasteiger partial charge in [0, 0.05) is 140 Å². The summed E-state index contributed by atoms with van der Waals surface area (Å²) in [7, 11) is 10.0. The number of hydrogen-bond acceptors (Lipinski definition) is 23. The number of carbonyl (C=O) groups is 3. The maximum atomic E-state index is 12.5. The highest BCUT2D eigenvalue weighted by molar-refractivity contribution is 6.01. The molecule has 12 fully saturated rings. The number of rotatable bonds is 41. The van der Waals surface area contributed by atoms with Crippen LogP contribution in [0.5, 0.6) is 0 Å². The molecule has 0 aromatic heterocycles. The summed E-state index contributed by atoms with van der Waals surface area (Å²) in [5.41, 5.74) is 14.7. The first kappa shape index (κ1) is 106. The highest BCUT2D eigenvalue weighted by atomic mass is 16.7. The van der Waals surface area contributed by atoms with E-state index in [-0.39, 0.29) is 87.7 Å². The lowest BCUT2D eigenvalue weighted by Crippen LogP contribution is -2.67. The summed E-state index contributed by atoms with van der Waals surface area (Å²) in [5, 5.41) is 40.3. The fraction of sp³-hybridized carbons (Fsp3) is 0.609. The first-order valence-electron chi connectivity index (χ1n) is 50.3.